The van der Waals surface area contributed by atoms with Crippen LogP contribution < -0.4 is 0 Å². The minimum Gasteiger partial charge on any atom is -0.465 e. The number of allylic oxidation sites excluding steroid dienone is 2. The smallest absolute Gasteiger partial charge is 0.324 e. The molecule has 0 radical (unpaired) electrons. The molecule has 0 N–H and O–H groups in total. The number of Topliss-reactive ketones (excluding diaryl/α,β-unsaturated/α-hetero) is 1. The molecule has 22 heavy (non-hydrogen) atoms. The van der Waals surface area contributed by atoms with Crippen molar-refractivity contribution in [3.8, 4) is 0 Å². The summed E-state index contributed by atoms with van der Waals surface area (Å²) < 4.78 is 10.4. The molecule has 0 heterocycles. The van der Waals surface area contributed by atoms with Crippen LogP contribution >= 0.6 is 0 Å². The number of carbonyl (C=O) groups excluding carboxylic acids is 3. The van der Waals surface area contributed by atoms with Gasteiger partial charge >= 0.3 is 11.9 Å². The third-order valence-corrected chi connectivity index (χ3v) is 4.67. The van der Waals surface area contributed by atoms with E-state index in [1.165, 1.54) is 0 Å². The molecule has 0 aliphatic heterocycles. The molecule has 1 saturated carbocycles. The van der Waals surface area contributed by atoms with E-state index < -0.39 is 23.3 Å². The maximum absolute atomic E-state index is 12.6. The summed E-state index contributed by atoms with van der Waals surface area (Å²) in [5, 5.41) is 0. The first-order valence-corrected chi connectivity index (χ1v) is 8.06. The first-order chi connectivity index (χ1) is 10.5. The van der Waals surface area contributed by atoms with Crippen LogP contribution in [0.15, 0.2) is 11.1 Å². The van der Waals surface area contributed by atoms with E-state index in [4.69, 9.17) is 9.47 Å². The van der Waals surface area contributed by atoms with Crippen LogP contribution in [0.2, 0.25) is 0 Å². The van der Waals surface area contributed by atoms with Gasteiger partial charge in [0, 0.05) is 12.3 Å². The predicted octanol–water partition coefficient (Wildman–Crippen LogP) is 2.58. The zero-order valence-electron chi connectivity index (χ0n) is 13.6. The third-order valence-electron chi connectivity index (χ3n) is 4.67. The van der Waals surface area contributed by atoms with Crippen molar-refractivity contribution in [1.29, 1.82) is 0 Å². The van der Waals surface area contributed by atoms with Crippen LogP contribution in [-0.4, -0.2) is 30.9 Å². The van der Waals surface area contributed by atoms with Gasteiger partial charge in [-0.2, -0.15) is 0 Å². The number of fused-ring (bicyclic) bond motifs is 1. The van der Waals surface area contributed by atoms with Gasteiger partial charge in [0.1, 0.15) is 0 Å². The molecule has 0 aromatic heterocycles. The highest BCUT2D eigenvalue weighted by atomic mass is 16.6. The number of carbonyl (C=O) groups is 3. The molecule has 1 fully saturated rings. The molecule has 2 rings (SSSR count). The molecule has 5 nitrogen and oxygen atoms in total. The molecule has 0 saturated heterocycles. The van der Waals surface area contributed by atoms with Crippen LogP contribution in [0.4, 0.5) is 0 Å². The molecule has 0 aromatic rings. The molecule has 2 aliphatic rings. The number of hydrogen-bond acceptors (Lipinski definition) is 5. The van der Waals surface area contributed by atoms with Crippen LogP contribution in [0.5, 0.6) is 0 Å². The third kappa shape index (κ3) is 2.57. The van der Waals surface area contributed by atoms with Crippen LogP contribution in [0.25, 0.3) is 0 Å². The fourth-order valence-electron chi connectivity index (χ4n) is 3.80. The molecule has 5 heteroatoms. The molecule has 1 atom stereocenters. The minimum absolute atomic E-state index is 0.0653. The summed E-state index contributed by atoms with van der Waals surface area (Å²) in [5.74, 6) is -1.44. The van der Waals surface area contributed by atoms with Crippen molar-refractivity contribution in [2.45, 2.75) is 52.9 Å². The number of ether oxygens (including phenoxy) is 2. The lowest BCUT2D eigenvalue weighted by molar-refractivity contribution is -0.175. The Bertz CT molecular complexity index is 499. The normalized spacial score (nSPS) is 23.8. The molecule has 0 spiro atoms. The van der Waals surface area contributed by atoms with E-state index in [1.807, 2.05) is 6.92 Å². The van der Waals surface area contributed by atoms with E-state index in [1.54, 1.807) is 13.8 Å². The SMILES string of the molecule is CCOC(=O)C1(C(=O)OCC)CC(C)=C2C(=O)CCCCC21. The summed E-state index contributed by atoms with van der Waals surface area (Å²) in [4.78, 5) is 37.7. The van der Waals surface area contributed by atoms with Gasteiger partial charge in [-0.15, -0.1) is 0 Å². The quantitative estimate of drug-likeness (QED) is 0.590. The van der Waals surface area contributed by atoms with Crippen molar-refractivity contribution < 1.29 is 23.9 Å². The topological polar surface area (TPSA) is 69.7 Å². The second kappa shape index (κ2) is 6.63. The Morgan fingerprint density at radius 1 is 1.14 bits per heavy atom. The lowest BCUT2D eigenvalue weighted by Gasteiger charge is -2.31. The highest BCUT2D eigenvalue weighted by Gasteiger charge is 2.60. The minimum atomic E-state index is -1.37. The van der Waals surface area contributed by atoms with E-state index in [0.29, 0.717) is 18.4 Å². The van der Waals surface area contributed by atoms with Gasteiger partial charge in [0.15, 0.2) is 11.2 Å². The van der Waals surface area contributed by atoms with Gasteiger partial charge in [0.2, 0.25) is 0 Å². The number of hydrogen-bond donors (Lipinski definition) is 0. The second-order valence-corrected chi connectivity index (χ2v) is 6.00. The Morgan fingerprint density at radius 2 is 1.73 bits per heavy atom. The lowest BCUT2D eigenvalue weighted by atomic mass is 9.72. The van der Waals surface area contributed by atoms with Gasteiger partial charge < -0.3 is 9.47 Å². The zero-order valence-corrected chi connectivity index (χ0v) is 13.6. The van der Waals surface area contributed by atoms with Crippen molar-refractivity contribution >= 4 is 17.7 Å². The Balaban J connectivity index is 2.48. The fraction of sp³-hybridized carbons (Fsp3) is 0.706. The molecule has 0 aromatic carbocycles. The van der Waals surface area contributed by atoms with E-state index in [0.717, 1.165) is 18.4 Å². The van der Waals surface area contributed by atoms with Crippen LogP contribution in [0.1, 0.15) is 52.9 Å². The first kappa shape index (κ1) is 16.7. The number of ketones is 1. The second-order valence-electron chi connectivity index (χ2n) is 6.00. The largest absolute Gasteiger partial charge is 0.465 e. The van der Waals surface area contributed by atoms with Crippen molar-refractivity contribution in [2.24, 2.45) is 11.3 Å². The Morgan fingerprint density at radius 3 is 2.27 bits per heavy atom. The van der Waals surface area contributed by atoms with Gasteiger partial charge in [0.25, 0.3) is 0 Å². The highest BCUT2D eigenvalue weighted by molar-refractivity contribution is 6.07. The van der Waals surface area contributed by atoms with Gasteiger partial charge in [-0.05, 0) is 45.6 Å². The number of rotatable bonds is 4. The van der Waals surface area contributed by atoms with Crippen LogP contribution in [0.3, 0.4) is 0 Å². The summed E-state index contributed by atoms with van der Waals surface area (Å²) in [6.07, 6.45) is 3.00. The summed E-state index contributed by atoms with van der Waals surface area (Å²) in [5.41, 5.74) is 0.127. The standard InChI is InChI=1S/C17H24O5/c1-4-21-15(19)17(16(20)22-5-2)10-11(3)14-12(17)8-6-7-9-13(14)18/h12H,4-10H2,1-3H3. The predicted molar refractivity (Wildman–Crippen MR) is 80.0 cm³/mol. The van der Waals surface area contributed by atoms with Gasteiger partial charge in [-0.1, -0.05) is 12.0 Å². The molecule has 122 valence electrons. The van der Waals surface area contributed by atoms with Crippen LogP contribution in [0, 0.1) is 11.3 Å². The zero-order chi connectivity index (χ0) is 16.3. The summed E-state index contributed by atoms with van der Waals surface area (Å²) in [6, 6.07) is 0. The summed E-state index contributed by atoms with van der Waals surface area (Å²) >= 11 is 0. The van der Waals surface area contributed by atoms with E-state index in [2.05, 4.69) is 0 Å². The average molecular weight is 308 g/mol. The van der Waals surface area contributed by atoms with Crippen molar-refractivity contribution in [2.75, 3.05) is 13.2 Å². The van der Waals surface area contributed by atoms with Gasteiger partial charge in [0.05, 0.1) is 13.2 Å². The molecule has 1 unspecified atom stereocenters. The molecule has 0 amide bonds. The van der Waals surface area contributed by atoms with E-state index in [9.17, 15) is 14.4 Å². The van der Waals surface area contributed by atoms with Gasteiger partial charge in [-0.25, -0.2) is 0 Å². The van der Waals surface area contributed by atoms with Crippen molar-refractivity contribution in [3.05, 3.63) is 11.1 Å². The molecular weight excluding hydrogens is 284 g/mol. The van der Waals surface area contributed by atoms with Crippen molar-refractivity contribution in [1.82, 2.24) is 0 Å². The maximum atomic E-state index is 12.6. The first-order valence-electron chi connectivity index (χ1n) is 8.06. The average Bonchev–Trinajstić information content (AvgIpc) is 2.63. The molecule has 2 aliphatic carbocycles. The lowest BCUT2D eigenvalue weighted by Crippen LogP contribution is -2.46. The maximum Gasteiger partial charge on any atom is 0.324 e. The Kier molecular flexibility index (Phi) is 5.04. The molecular formula is C17H24O5. The van der Waals surface area contributed by atoms with Crippen molar-refractivity contribution in [3.63, 3.8) is 0 Å². The summed E-state index contributed by atoms with van der Waals surface area (Å²) in [7, 11) is 0. The Labute approximate surface area is 131 Å². The van der Waals surface area contributed by atoms with Crippen LogP contribution in [-0.2, 0) is 23.9 Å². The highest BCUT2D eigenvalue weighted by Crippen LogP contribution is 2.52. The number of esters is 2. The van der Waals surface area contributed by atoms with E-state index in [-0.39, 0.29) is 25.4 Å². The molecule has 0 bridgehead atoms. The van der Waals surface area contributed by atoms with E-state index >= 15 is 0 Å². The van der Waals surface area contributed by atoms with Gasteiger partial charge in [-0.3, -0.25) is 14.4 Å². The monoisotopic (exact) mass is 308 g/mol. The Hall–Kier alpha value is -1.65. The fourth-order valence-corrected chi connectivity index (χ4v) is 3.80. The summed E-state index contributed by atoms with van der Waals surface area (Å²) in [6.45, 7) is 5.67.